The smallest absolute Gasteiger partial charge is 0.231 e. The predicted molar refractivity (Wildman–Crippen MR) is 78.8 cm³/mol. The molecule has 0 radical (unpaired) electrons. The number of halogens is 1. The predicted octanol–water partition coefficient (Wildman–Crippen LogP) is 4.10. The Bertz CT molecular complexity index is 613. The molecular weight excluding hydrogens is 306 g/mol. The molecule has 3 nitrogen and oxygen atoms in total. The van der Waals surface area contributed by atoms with E-state index in [0.717, 1.165) is 27.2 Å². The van der Waals surface area contributed by atoms with Crippen molar-refractivity contribution in [1.82, 2.24) is 0 Å². The standard InChI is InChI=1S/C15H14BrNO2/c1-10-5-6-12(16)7-13(10)17-8-11-3-2-4-14-15(11)19-9-18-14/h2-7,17H,8-9H2,1H3. The summed E-state index contributed by atoms with van der Waals surface area (Å²) < 4.78 is 11.9. The van der Waals surface area contributed by atoms with Gasteiger partial charge in [0.25, 0.3) is 0 Å². The van der Waals surface area contributed by atoms with Gasteiger partial charge in [-0.1, -0.05) is 34.1 Å². The third-order valence-corrected chi connectivity index (χ3v) is 3.64. The fraction of sp³-hybridized carbons (Fsp3) is 0.200. The first-order chi connectivity index (χ1) is 9.24. The van der Waals surface area contributed by atoms with E-state index in [1.165, 1.54) is 5.56 Å². The summed E-state index contributed by atoms with van der Waals surface area (Å²) in [4.78, 5) is 0. The number of benzene rings is 2. The van der Waals surface area contributed by atoms with Gasteiger partial charge in [0.15, 0.2) is 11.5 Å². The molecule has 0 bridgehead atoms. The minimum absolute atomic E-state index is 0.308. The highest BCUT2D eigenvalue weighted by atomic mass is 79.9. The molecule has 19 heavy (non-hydrogen) atoms. The number of aryl methyl sites for hydroxylation is 1. The topological polar surface area (TPSA) is 30.5 Å². The van der Waals surface area contributed by atoms with E-state index in [9.17, 15) is 0 Å². The first kappa shape index (κ1) is 12.4. The highest BCUT2D eigenvalue weighted by molar-refractivity contribution is 9.10. The maximum absolute atomic E-state index is 5.50. The van der Waals surface area contributed by atoms with E-state index in [1.54, 1.807) is 0 Å². The van der Waals surface area contributed by atoms with E-state index >= 15 is 0 Å². The number of ether oxygens (including phenoxy) is 2. The van der Waals surface area contributed by atoms with Crippen LogP contribution in [0.5, 0.6) is 11.5 Å². The quantitative estimate of drug-likeness (QED) is 0.924. The van der Waals surface area contributed by atoms with Crippen molar-refractivity contribution in [3.63, 3.8) is 0 Å². The van der Waals surface area contributed by atoms with Gasteiger partial charge in [0, 0.05) is 22.3 Å². The molecule has 0 saturated carbocycles. The van der Waals surface area contributed by atoms with Crippen LogP contribution in [0.2, 0.25) is 0 Å². The molecule has 3 rings (SSSR count). The lowest BCUT2D eigenvalue weighted by molar-refractivity contribution is 0.173. The summed E-state index contributed by atoms with van der Waals surface area (Å²) in [6.45, 7) is 3.11. The molecule has 0 unspecified atom stereocenters. The summed E-state index contributed by atoms with van der Waals surface area (Å²) in [5.41, 5.74) is 3.44. The average Bonchev–Trinajstić information content (AvgIpc) is 2.88. The van der Waals surface area contributed by atoms with E-state index in [4.69, 9.17) is 9.47 Å². The highest BCUT2D eigenvalue weighted by Crippen LogP contribution is 2.35. The maximum Gasteiger partial charge on any atom is 0.231 e. The van der Waals surface area contributed by atoms with Gasteiger partial charge in [0.2, 0.25) is 6.79 Å². The van der Waals surface area contributed by atoms with Gasteiger partial charge in [0.05, 0.1) is 0 Å². The molecular formula is C15H14BrNO2. The molecule has 1 aliphatic heterocycles. The molecule has 2 aromatic rings. The lowest BCUT2D eigenvalue weighted by Crippen LogP contribution is -2.02. The molecule has 98 valence electrons. The highest BCUT2D eigenvalue weighted by Gasteiger charge is 2.16. The Labute approximate surface area is 120 Å². The van der Waals surface area contributed by atoms with Gasteiger partial charge in [-0.15, -0.1) is 0 Å². The van der Waals surface area contributed by atoms with Gasteiger partial charge >= 0.3 is 0 Å². The molecule has 2 aromatic carbocycles. The Kier molecular flexibility index (Phi) is 3.34. The average molecular weight is 320 g/mol. The third kappa shape index (κ3) is 2.54. The van der Waals surface area contributed by atoms with Crippen molar-refractivity contribution in [3.05, 3.63) is 52.0 Å². The first-order valence-electron chi connectivity index (χ1n) is 6.11. The molecule has 0 amide bonds. The van der Waals surface area contributed by atoms with E-state index in [-0.39, 0.29) is 0 Å². The van der Waals surface area contributed by atoms with E-state index in [1.807, 2.05) is 24.3 Å². The van der Waals surface area contributed by atoms with Gasteiger partial charge in [-0.05, 0) is 30.7 Å². The second-order valence-electron chi connectivity index (χ2n) is 4.46. The van der Waals surface area contributed by atoms with Crippen molar-refractivity contribution in [2.75, 3.05) is 12.1 Å². The van der Waals surface area contributed by atoms with Crippen LogP contribution in [0.1, 0.15) is 11.1 Å². The fourth-order valence-electron chi connectivity index (χ4n) is 2.10. The largest absolute Gasteiger partial charge is 0.454 e. The maximum atomic E-state index is 5.50. The summed E-state index contributed by atoms with van der Waals surface area (Å²) >= 11 is 3.49. The monoisotopic (exact) mass is 319 g/mol. The Balaban J connectivity index is 1.80. The molecule has 0 aromatic heterocycles. The molecule has 0 fully saturated rings. The van der Waals surface area contributed by atoms with Crippen molar-refractivity contribution in [2.45, 2.75) is 13.5 Å². The van der Waals surface area contributed by atoms with Crippen LogP contribution < -0.4 is 14.8 Å². The summed E-state index contributed by atoms with van der Waals surface area (Å²) in [6.07, 6.45) is 0. The minimum Gasteiger partial charge on any atom is -0.454 e. The zero-order valence-corrected chi connectivity index (χ0v) is 12.2. The Morgan fingerprint density at radius 1 is 1.21 bits per heavy atom. The number of rotatable bonds is 3. The summed E-state index contributed by atoms with van der Waals surface area (Å²) in [5.74, 6) is 1.67. The van der Waals surface area contributed by atoms with Crippen molar-refractivity contribution in [1.29, 1.82) is 0 Å². The van der Waals surface area contributed by atoms with Crippen molar-refractivity contribution in [3.8, 4) is 11.5 Å². The minimum atomic E-state index is 0.308. The summed E-state index contributed by atoms with van der Waals surface area (Å²) in [5, 5.41) is 3.43. The van der Waals surface area contributed by atoms with Crippen LogP contribution in [0.3, 0.4) is 0 Å². The van der Waals surface area contributed by atoms with Crippen LogP contribution in [-0.2, 0) is 6.54 Å². The molecule has 0 atom stereocenters. The second kappa shape index (κ2) is 5.13. The SMILES string of the molecule is Cc1ccc(Br)cc1NCc1cccc2c1OCO2. The van der Waals surface area contributed by atoms with E-state index in [0.29, 0.717) is 13.3 Å². The zero-order chi connectivity index (χ0) is 13.2. The third-order valence-electron chi connectivity index (χ3n) is 3.15. The molecule has 0 saturated heterocycles. The van der Waals surface area contributed by atoms with Crippen LogP contribution in [0, 0.1) is 6.92 Å². The van der Waals surface area contributed by atoms with Gasteiger partial charge in [-0.3, -0.25) is 0 Å². The zero-order valence-electron chi connectivity index (χ0n) is 10.6. The summed E-state index contributed by atoms with van der Waals surface area (Å²) in [6, 6.07) is 12.2. The number of para-hydroxylation sites is 1. The number of anilines is 1. The van der Waals surface area contributed by atoms with Gasteiger partial charge in [0.1, 0.15) is 0 Å². The molecule has 1 heterocycles. The molecule has 0 aliphatic carbocycles. The Morgan fingerprint density at radius 2 is 2.11 bits per heavy atom. The molecule has 0 spiro atoms. The Morgan fingerprint density at radius 3 is 3.00 bits per heavy atom. The molecule has 1 N–H and O–H groups in total. The lowest BCUT2D eigenvalue weighted by atomic mass is 10.1. The van der Waals surface area contributed by atoms with Gasteiger partial charge in [-0.2, -0.15) is 0 Å². The number of fused-ring (bicyclic) bond motifs is 1. The van der Waals surface area contributed by atoms with Crippen LogP contribution >= 0.6 is 15.9 Å². The Hall–Kier alpha value is -1.68. The summed E-state index contributed by atoms with van der Waals surface area (Å²) in [7, 11) is 0. The van der Waals surface area contributed by atoms with Crippen molar-refractivity contribution in [2.24, 2.45) is 0 Å². The van der Waals surface area contributed by atoms with Crippen LogP contribution in [0.4, 0.5) is 5.69 Å². The fourth-order valence-corrected chi connectivity index (χ4v) is 2.47. The molecule has 4 heteroatoms. The van der Waals surface area contributed by atoms with Gasteiger partial charge < -0.3 is 14.8 Å². The van der Waals surface area contributed by atoms with Gasteiger partial charge in [-0.25, -0.2) is 0 Å². The van der Waals surface area contributed by atoms with Crippen molar-refractivity contribution < 1.29 is 9.47 Å². The van der Waals surface area contributed by atoms with E-state index in [2.05, 4.69) is 40.3 Å². The number of hydrogen-bond acceptors (Lipinski definition) is 3. The van der Waals surface area contributed by atoms with Crippen LogP contribution in [-0.4, -0.2) is 6.79 Å². The van der Waals surface area contributed by atoms with Crippen LogP contribution in [0.15, 0.2) is 40.9 Å². The van der Waals surface area contributed by atoms with Crippen LogP contribution in [0.25, 0.3) is 0 Å². The lowest BCUT2D eigenvalue weighted by Gasteiger charge is -2.11. The van der Waals surface area contributed by atoms with E-state index < -0.39 is 0 Å². The van der Waals surface area contributed by atoms with Crippen molar-refractivity contribution >= 4 is 21.6 Å². The normalized spacial score (nSPS) is 12.5. The number of hydrogen-bond donors (Lipinski definition) is 1. The first-order valence-corrected chi connectivity index (χ1v) is 6.91. The number of nitrogens with one attached hydrogen (secondary N) is 1. The second-order valence-corrected chi connectivity index (χ2v) is 5.38. The molecule has 1 aliphatic rings.